The number of aromatic nitrogens is 4. The second-order valence-corrected chi connectivity index (χ2v) is 7.21. The van der Waals surface area contributed by atoms with Gasteiger partial charge in [0, 0.05) is 6.54 Å². The monoisotopic (exact) mass is 419 g/mol. The summed E-state index contributed by atoms with van der Waals surface area (Å²) in [4.78, 5) is 14.4. The maximum atomic E-state index is 12.8. The predicted octanol–water partition coefficient (Wildman–Crippen LogP) is 4.03. The van der Waals surface area contributed by atoms with Gasteiger partial charge in [-0.05, 0) is 29.1 Å². The van der Waals surface area contributed by atoms with Gasteiger partial charge in [0.25, 0.3) is 0 Å². The van der Waals surface area contributed by atoms with Gasteiger partial charge in [0.1, 0.15) is 5.52 Å². The smallest absolute Gasteiger partial charge is 0.395 e. The summed E-state index contributed by atoms with van der Waals surface area (Å²) in [5.74, 6) is 1.01. The van der Waals surface area contributed by atoms with Crippen LogP contribution in [0, 0.1) is 0 Å². The number of hydrogen-bond donors (Lipinski definition) is 2. The van der Waals surface area contributed by atoms with E-state index >= 15 is 0 Å². The fourth-order valence-electron chi connectivity index (χ4n) is 2.87. The summed E-state index contributed by atoms with van der Waals surface area (Å²) in [6, 6.07) is 8.82. The molecule has 150 valence electrons. The quantitative estimate of drug-likeness (QED) is 0.494. The Balaban J connectivity index is 1.72. The number of fused-ring (bicyclic) bond motifs is 1. The molecule has 0 aliphatic rings. The number of thiophene rings is 1. The molecule has 0 bridgehead atoms. The Morgan fingerprint density at radius 3 is 2.55 bits per heavy atom. The van der Waals surface area contributed by atoms with Crippen molar-refractivity contribution in [1.82, 2.24) is 19.5 Å². The number of halogens is 3. The number of aliphatic hydroxyl groups excluding tert-OH is 1. The van der Waals surface area contributed by atoms with Gasteiger partial charge in [0.2, 0.25) is 0 Å². The van der Waals surface area contributed by atoms with Crippen LogP contribution in [-0.4, -0.2) is 37.8 Å². The van der Waals surface area contributed by atoms with E-state index in [0.717, 1.165) is 17.0 Å². The number of anilines is 1. The Morgan fingerprint density at radius 2 is 1.90 bits per heavy atom. The van der Waals surface area contributed by atoms with Gasteiger partial charge in [-0.1, -0.05) is 18.2 Å². The summed E-state index contributed by atoms with van der Waals surface area (Å²) in [6.07, 6.45) is -2.78. The average Bonchev–Trinajstić information content (AvgIpc) is 3.36. The summed E-state index contributed by atoms with van der Waals surface area (Å²) in [5.41, 5.74) is 1.10. The predicted molar refractivity (Wildman–Crippen MR) is 105 cm³/mol. The molecule has 0 saturated heterocycles. The van der Waals surface area contributed by atoms with Gasteiger partial charge < -0.3 is 15.0 Å². The van der Waals surface area contributed by atoms with E-state index in [2.05, 4.69) is 20.3 Å². The number of hydrogen-bond acceptors (Lipinski definition) is 6. The van der Waals surface area contributed by atoms with Gasteiger partial charge >= 0.3 is 6.18 Å². The molecular weight excluding hydrogens is 403 g/mol. The van der Waals surface area contributed by atoms with Crippen molar-refractivity contribution in [1.29, 1.82) is 0 Å². The zero-order chi connectivity index (χ0) is 20.4. The van der Waals surface area contributed by atoms with E-state index in [0.29, 0.717) is 41.5 Å². The van der Waals surface area contributed by atoms with Crippen LogP contribution in [0.3, 0.4) is 0 Å². The SMILES string of the molecule is OCCNc1nc(-c2cccs2)nc2c1ncn2Cc1ccc(C(F)(F)F)cc1. The Kier molecular flexibility index (Phi) is 5.20. The van der Waals surface area contributed by atoms with Crippen LogP contribution in [0.25, 0.3) is 21.9 Å². The third kappa shape index (κ3) is 4.08. The first-order chi connectivity index (χ1) is 14.0. The fraction of sp³-hybridized carbons (Fsp3) is 0.211. The van der Waals surface area contributed by atoms with Crippen LogP contribution in [0.15, 0.2) is 48.1 Å². The highest BCUT2D eigenvalue weighted by molar-refractivity contribution is 7.13. The highest BCUT2D eigenvalue weighted by atomic mass is 32.1. The Labute approximate surface area is 167 Å². The highest BCUT2D eigenvalue weighted by Crippen LogP contribution is 2.30. The van der Waals surface area contributed by atoms with Crippen molar-refractivity contribution in [2.45, 2.75) is 12.7 Å². The molecule has 0 fully saturated rings. The summed E-state index contributed by atoms with van der Waals surface area (Å²) >= 11 is 1.50. The first kappa shape index (κ1) is 19.3. The van der Waals surface area contributed by atoms with Crippen LogP contribution in [0.1, 0.15) is 11.1 Å². The lowest BCUT2D eigenvalue weighted by Gasteiger charge is -2.10. The van der Waals surface area contributed by atoms with E-state index in [4.69, 9.17) is 5.11 Å². The summed E-state index contributed by atoms with van der Waals surface area (Å²) in [6.45, 7) is 0.558. The molecule has 3 heterocycles. The zero-order valence-electron chi connectivity index (χ0n) is 15.0. The number of nitrogens with one attached hydrogen (secondary N) is 1. The lowest BCUT2D eigenvalue weighted by atomic mass is 10.1. The zero-order valence-corrected chi connectivity index (χ0v) is 15.8. The van der Waals surface area contributed by atoms with E-state index in [1.54, 1.807) is 10.9 Å². The third-order valence-corrected chi connectivity index (χ3v) is 5.11. The summed E-state index contributed by atoms with van der Waals surface area (Å²) in [7, 11) is 0. The molecule has 0 aliphatic carbocycles. The first-order valence-corrected chi connectivity index (χ1v) is 9.61. The number of nitrogens with zero attached hydrogens (tertiary/aromatic N) is 4. The molecule has 0 unspecified atom stereocenters. The van der Waals surface area contributed by atoms with Gasteiger partial charge in [-0.15, -0.1) is 11.3 Å². The maximum Gasteiger partial charge on any atom is 0.416 e. The number of benzene rings is 1. The molecule has 29 heavy (non-hydrogen) atoms. The van der Waals surface area contributed by atoms with Crippen molar-refractivity contribution in [2.75, 3.05) is 18.5 Å². The van der Waals surface area contributed by atoms with Gasteiger partial charge in [-0.25, -0.2) is 15.0 Å². The van der Waals surface area contributed by atoms with Crippen LogP contribution in [0.5, 0.6) is 0 Å². The van der Waals surface area contributed by atoms with E-state index in [1.165, 1.54) is 23.5 Å². The number of alkyl halides is 3. The molecule has 4 rings (SSSR count). The average molecular weight is 419 g/mol. The summed E-state index contributed by atoms with van der Waals surface area (Å²) in [5, 5.41) is 14.1. The van der Waals surface area contributed by atoms with E-state index in [1.807, 2.05) is 17.5 Å². The molecule has 0 aliphatic heterocycles. The first-order valence-electron chi connectivity index (χ1n) is 8.73. The Hall–Kier alpha value is -2.98. The Bertz CT molecular complexity index is 1110. The standard InChI is InChI=1S/C19H16F3N5OS/c20-19(21,22)13-5-3-12(4-6-13)10-27-11-24-15-17(23-7-8-28)25-16(26-18(15)27)14-2-1-9-29-14/h1-6,9,11,28H,7-8,10H2,(H,23,25,26). The fourth-order valence-corrected chi connectivity index (χ4v) is 3.53. The minimum Gasteiger partial charge on any atom is -0.395 e. The molecule has 4 aromatic rings. The molecular formula is C19H16F3N5OS. The van der Waals surface area contributed by atoms with Gasteiger partial charge in [-0.2, -0.15) is 13.2 Å². The molecule has 2 N–H and O–H groups in total. The topological polar surface area (TPSA) is 75.9 Å². The largest absolute Gasteiger partial charge is 0.416 e. The molecule has 0 spiro atoms. The third-order valence-electron chi connectivity index (χ3n) is 4.24. The molecule has 0 amide bonds. The van der Waals surface area contributed by atoms with Crippen LogP contribution >= 0.6 is 11.3 Å². The van der Waals surface area contributed by atoms with Crippen molar-refractivity contribution in [3.8, 4) is 10.7 Å². The minimum atomic E-state index is -4.36. The molecule has 10 heteroatoms. The van der Waals surface area contributed by atoms with Gasteiger partial charge in [0.15, 0.2) is 17.3 Å². The van der Waals surface area contributed by atoms with Gasteiger partial charge in [-0.3, -0.25) is 0 Å². The van der Waals surface area contributed by atoms with Crippen molar-refractivity contribution in [2.24, 2.45) is 0 Å². The van der Waals surface area contributed by atoms with Crippen LogP contribution in [0.4, 0.5) is 19.0 Å². The molecule has 6 nitrogen and oxygen atoms in total. The van der Waals surface area contributed by atoms with Crippen molar-refractivity contribution in [3.63, 3.8) is 0 Å². The number of aliphatic hydroxyl groups is 1. The molecule has 0 atom stereocenters. The lowest BCUT2D eigenvalue weighted by Crippen LogP contribution is -2.09. The highest BCUT2D eigenvalue weighted by Gasteiger charge is 2.29. The van der Waals surface area contributed by atoms with Crippen LogP contribution < -0.4 is 5.32 Å². The van der Waals surface area contributed by atoms with Crippen LogP contribution in [0.2, 0.25) is 0 Å². The van der Waals surface area contributed by atoms with E-state index in [9.17, 15) is 13.2 Å². The number of imidazole rings is 1. The van der Waals surface area contributed by atoms with Crippen molar-refractivity contribution in [3.05, 3.63) is 59.2 Å². The second-order valence-electron chi connectivity index (χ2n) is 6.26. The molecule has 1 aromatic carbocycles. The molecule has 3 aromatic heterocycles. The molecule has 0 radical (unpaired) electrons. The van der Waals surface area contributed by atoms with Gasteiger partial charge in [0.05, 0.1) is 29.9 Å². The maximum absolute atomic E-state index is 12.8. The second kappa shape index (κ2) is 7.80. The van der Waals surface area contributed by atoms with E-state index in [-0.39, 0.29) is 6.61 Å². The summed E-state index contributed by atoms with van der Waals surface area (Å²) < 4.78 is 40.1. The van der Waals surface area contributed by atoms with Crippen LogP contribution in [-0.2, 0) is 12.7 Å². The Morgan fingerprint density at radius 1 is 1.10 bits per heavy atom. The van der Waals surface area contributed by atoms with Crippen molar-refractivity contribution < 1.29 is 18.3 Å². The van der Waals surface area contributed by atoms with E-state index < -0.39 is 11.7 Å². The lowest BCUT2D eigenvalue weighted by molar-refractivity contribution is -0.137. The normalized spacial score (nSPS) is 11.9. The molecule has 0 saturated carbocycles. The number of rotatable bonds is 6. The van der Waals surface area contributed by atoms with Crippen molar-refractivity contribution >= 4 is 28.3 Å². The minimum absolute atomic E-state index is 0.0634.